The van der Waals surface area contributed by atoms with Gasteiger partial charge in [-0.25, -0.2) is 5.43 Å². The molecule has 2 unspecified atom stereocenters. The number of benzene rings is 4. The van der Waals surface area contributed by atoms with Gasteiger partial charge in [-0.05, 0) is 92.1 Å². The molecule has 38 heavy (non-hydrogen) atoms. The van der Waals surface area contributed by atoms with E-state index in [0.717, 1.165) is 56.7 Å². The Morgan fingerprint density at radius 3 is 2.61 bits per heavy atom. The molecule has 0 saturated carbocycles. The summed E-state index contributed by atoms with van der Waals surface area (Å²) in [6, 6.07) is 27.7. The Balaban J connectivity index is 1.26. The zero-order valence-corrected chi connectivity index (χ0v) is 20.7. The Morgan fingerprint density at radius 1 is 0.816 bits per heavy atom. The average molecular weight is 492 g/mol. The third kappa shape index (κ3) is 3.20. The van der Waals surface area contributed by atoms with E-state index in [0.29, 0.717) is 5.92 Å². The zero-order valence-electron chi connectivity index (χ0n) is 20.7. The third-order valence-electron chi connectivity index (χ3n) is 8.39. The number of ketones is 1. The van der Waals surface area contributed by atoms with Gasteiger partial charge in [0, 0.05) is 11.6 Å². The van der Waals surface area contributed by atoms with Gasteiger partial charge < -0.3 is 5.43 Å². The minimum absolute atomic E-state index is 0.0248. The van der Waals surface area contributed by atoms with Crippen LogP contribution in [0.1, 0.15) is 40.6 Å². The summed E-state index contributed by atoms with van der Waals surface area (Å²) in [7, 11) is 0. The monoisotopic (exact) mass is 491 g/mol. The number of nitrogens with zero attached hydrogens (tertiary/aromatic N) is 1. The maximum atomic E-state index is 13.1. The van der Waals surface area contributed by atoms with Crippen molar-refractivity contribution < 1.29 is 4.79 Å². The Hall–Kier alpha value is -4.54. The van der Waals surface area contributed by atoms with E-state index in [1.807, 2.05) is 24.4 Å². The van der Waals surface area contributed by atoms with Crippen LogP contribution in [0.5, 0.6) is 0 Å². The number of rotatable bonds is 2. The van der Waals surface area contributed by atoms with E-state index in [1.54, 1.807) is 12.2 Å². The number of hydrogen-bond acceptors (Lipinski definition) is 4. The molecular formula is C34H25N3O. The zero-order chi connectivity index (χ0) is 25.2. The summed E-state index contributed by atoms with van der Waals surface area (Å²) in [5.41, 5.74) is 14.8. The van der Waals surface area contributed by atoms with Crippen LogP contribution in [0, 0.1) is 0 Å². The van der Waals surface area contributed by atoms with Gasteiger partial charge in [-0.15, -0.1) is 0 Å². The molecule has 182 valence electrons. The van der Waals surface area contributed by atoms with E-state index in [1.165, 1.54) is 21.7 Å². The van der Waals surface area contributed by atoms with Crippen LogP contribution in [-0.2, 0) is 11.2 Å². The molecule has 8 rings (SSSR count). The van der Waals surface area contributed by atoms with Crippen LogP contribution in [0.15, 0.2) is 91.1 Å². The molecule has 4 nitrogen and oxygen atoms in total. The van der Waals surface area contributed by atoms with Crippen LogP contribution >= 0.6 is 0 Å². The Labute approximate surface area is 220 Å². The van der Waals surface area contributed by atoms with Crippen molar-refractivity contribution >= 4 is 50.9 Å². The van der Waals surface area contributed by atoms with E-state index in [-0.39, 0.29) is 11.8 Å². The first-order valence-electron chi connectivity index (χ1n) is 13.2. The number of anilines is 1. The van der Waals surface area contributed by atoms with Gasteiger partial charge in [0.05, 0.1) is 17.2 Å². The highest BCUT2D eigenvalue weighted by atomic mass is 16.1. The lowest BCUT2D eigenvalue weighted by atomic mass is 9.81. The number of nitrogens with one attached hydrogen (secondary N) is 2. The highest BCUT2D eigenvalue weighted by molar-refractivity contribution is 6.20. The van der Waals surface area contributed by atoms with Gasteiger partial charge in [0.2, 0.25) is 0 Å². The van der Waals surface area contributed by atoms with Gasteiger partial charge in [-0.3, -0.25) is 9.78 Å². The van der Waals surface area contributed by atoms with Gasteiger partial charge in [0.25, 0.3) is 0 Å². The van der Waals surface area contributed by atoms with Crippen LogP contribution in [0.3, 0.4) is 0 Å². The second-order valence-electron chi connectivity index (χ2n) is 10.5. The van der Waals surface area contributed by atoms with Gasteiger partial charge in [-0.1, -0.05) is 72.8 Å². The van der Waals surface area contributed by atoms with Crippen molar-refractivity contribution in [3.05, 3.63) is 124 Å². The van der Waals surface area contributed by atoms with E-state index in [9.17, 15) is 4.79 Å². The first kappa shape index (κ1) is 21.5. The molecule has 5 aromatic rings. The summed E-state index contributed by atoms with van der Waals surface area (Å²) < 4.78 is 0. The molecule has 0 radical (unpaired) electrons. The van der Waals surface area contributed by atoms with Gasteiger partial charge >= 0.3 is 0 Å². The smallest absolute Gasteiger partial charge is 0.179 e. The van der Waals surface area contributed by atoms with Crippen molar-refractivity contribution in [1.82, 2.24) is 10.4 Å². The largest absolute Gasteiger partial charge is 0.320 e. The van der Waals surface area contributed by atoms with Crippen molar-refractivity contribution in [2.24, 2.45) is 0 Å². The van der Waals surface area contributed by atoms with Gasteiger partial charge in [0.15, 0.2) is 5.78 Å². The highest BCUT2D eigenvalue weighted by Gasteiger charge is 2.28. The molecule has 0 saturated heterocycles. The highest BCUT2D eigenvalue weighted by Crippen LogP contribution is 2.39. The normalized spacial score (nSPS) is 19.6. The van der Waals surface area contributed by atoms with Crippen molar-refractivity contribution in [3.63, 3.8) is 0 Å². The molecule has 1 aliphatic heterocycles. The molecule has 1 aromatic heterocycles. The summed E-state index contributed by atoms with van der Waals surface area (Å²) >= 11 is 0. The predicted molar refractivity (Wildman–Crippen MR) is 154 cm³/mol. The standard InChI is InChI=1S/C34H25N3O/c38-23-18-29-26-12-10-22-17-21(20-5-2-1-3-6-20)9-11-24(22)25(26)13-14-27(29)30(19-23)34-28-7-4-8-31-33(28)32(36-37-34)15-16-35-31/h1-8,10-16,18-19,21,34,36-37H,9,17H2. The fourth-order valence-corrected chi connectivity index (χ4v) is 6.62. The van der Waals surface area contributed by atoms with E-state index >= 15 is 0 Å². The minimum Gasteiger partial charge on any atom is -0.320 e. The van der Waals surface area contributed by atoms with Crippen molar-refractivity contribution in [2.45, 2.75) is 24.8 Å². The van der Waals surface area contributed by atoms with Crippen molar-refractivity contribution in [2.75, 3.05) is 5.43 Å². The number of allylic oxidation sites excluding steroid dienone is 1. The molecule has 4 aromatic carbocycles. The molecule has 0 amide bonds. The van der Waals surface area contributed by atoms with E-state index in [4.69, 9.17) is 0 Å². The molecular weight excluding hydrogens is 466 g/mol. The quantitative estimate of drug-likeness (QED) is 0.351. The number of fused-ring (bicyclic) bond motifs is 5. The van der Waals surface area contributed by atoms with Crippen molar-refractivity contribution in [1.29, 1.82) is 0 Å². The SMILES string of the molecule is O=C1C=C(C2NNc3ccnc4cccc2c34)c2ccc3c4c(ccc3c2=C1)CC(c1ccccc1)CC=4. The lowest BCUT2D eigenvalue weighted by Crippen LogP contribution is -2.34. The van der Waals surface area contributed by atoms with E-state index < -0.39 is 0 Å². The average Bonchev–Trinajstić information content (AvgIpc) is 2.97. The Kier molecular flexibility index (Phi) is 4.67. The molecule has 0 fully saturated rings. The van der Waals surface area contributed by atoms with Gasteiger partial charge in [-0.2, -0.15) is 0 Å². The lowest BCUT2D eigenvalue weighted by molar-refractivity contribution is -0.109. The third-order valence-corrected chi connectivity index (χ3v) is 8.39. The first-order chi connectivity index (χ1) is 18.7. The van der Waals surface area contributed by atoms with Crippen LogP contribution < -0.4 is 21.3 Å². The van der Waals surface area contributed by atoms with Crippen LogP contribution in [0.2, 0.25) is 0 Å². The maximum Gasteiger partial charge on any atom is 0.179 e. The lowest BCUT2D eigenvalue weighted by Gasteiger charge is -2.31. The molecule has 0 spiro atoms. The predicted octanol–water partition coefficient (Wildman–Crippen LogP) is 5.32. The first-order valence-corrected chi connectivity index (χ1v) is 13.2. The summed E-state index contributed by atoms with van der Waals surface area (Å²) in [6.45, 7) is 0. The molecule has 2 N–H and O–H groups in total. The Bertz CT molecular complexity index is 1950. The molecule has 4 heteroatoms. The number of carbonyl (C=O) groups is 1. The number of pyridine rings is 1. The second kappa shape index (κ2) is 8.23. The number of aromatic nitrogens is 1. The molecule has 2 atom stereocenters. The summed E-state index contributed by atoms with van der Waals surface area (Å²) in [5.74, 6) is 0.531. The maximum absolute atomic E-state index is 13.1. The fraction of sp³-hybridized carbons (Fsp3) is 0.118. The number of hydrazine groups is 1. The number of carbonyl (C=O) groups excluding carboxylic acids is 1. The van der Waals surface area contributed by atoms with Crippen LogP contribution in [-0.4, -0.2) is 10.8 Å². The molecule has 3 aliphatic rings. The van der Waals surface area contributed by atoms with Crippen LogP contribution in [0.25, 0.3) is 39.4 Å². The fourth-order valence-electron chi connectivity index (χ4n) is 6.62. The Morgan fingerprint density at radius 2 is 1.68 bits per heavy atom. The summed E-state index contributed by atoms with van der Waals surface area (Å²) in [6.07, 6.45) is 9.85. The summed E-state index contributed by atoms with van der Waals surface area (Å²) in [4.78, 5) is 17.7. The van der Waals surface area contributed by atoms with Crippen molar-refractivity contribution in [3.8, 4) is 0 Å². The topological polar surface area (TPSA) is 54.0 Å². The molecule has 2 heterocycles. The summed E-state index contributed by atoms with van der Waals surface area (Å²) in [5, 5.41) is 5.79. The molecule has 0 bridgehead atoms. The van der Waals surface area contributed by atoms with Gasteiger partial charge in [0.1, 0.15) is 0 Å². The minimum atomic E-state index is -0.167. The van der Waals surface area contributed by atoms with E-state index in [2.05, 4.69) is 82.6 Å². The molecule has 2 aliphatic carbocycles. The number of hydrogen-bond donors (Lipinski definition) is 2. The second-order valence-corrected chi connectivity index (χ2v) is 10.5. The van der Waals surface area contributed by atoms with Crippen LogP contribution in [0.4, 0.5) is 5.69 Å².